The Kier molecular flexibility index (Phi) is 3.71. The van der Waals surface area contributed by atoms with E-state index in [9.17, 15) is 14.7 Å². The van der Waals surface area contributed by atoms with Crippen molar-refractivity contribution in [3.8, 4) is 0 Å². The lowest BCUT2D eigenvalue weighted by Crippen LogP contribution is -2.47. The average molecular weight is 281 g/mol. The van der Waals surface area contributed by atoms with Gasteiger partial charge in [-0.05, 0) is 44.4 Å². The third kappa shape index (κ3) is 2.82. The lowest BCUT2D eigenvalue weighted by atomic mass is 9.66. The molecular formula is C15H23NO4. The molecule has 0 spiro atoms. The second-order valence-electron chi connectivity index (χ2n) is 6.65. The Hall–Kier alpha value is -1.10. The van der Waals surface area contributed by atoms with E-state index < -0.39 is 11.4 Å². The number of aliphatic carboxylic acids is 1. The first-order valence-corrected chi connectivity index (χ1v) is 7.73. The summed E-state index contributed by atoms with van der Waals surface area (Å²) in [4.78, 5) is 23.4. The van der Waals surface area contributed by atoms with Gasteiger partial charge in [-0.3, -0.25) is 9.59 Å². The van der Waals surface area contributed by atoms with Crippen molar-refractivity contribution in [3.05, 3.63) is 0 Å². The molecule has 1 amide bonds. The molecule has 3 fully saturated rings. The summed E-state index contributed by atoms with van der Waals surface area (Å²) in [7, 11) is 0. The molecule has 0 aromatic carbocycles. The second kappa shape index (κ2) is 5.35. The number of carboxylic acid groups (broad SMARTS) is 1. The second-order valence-corrected chi connectivity index (χ2v) is 6.65. The SMILES string of the molecule is O=C(CC1(C(=O)O)CCC1)NC1CCOC(C2CC2)C1. The Morgan fingerprint density at radius 1 is 1.25 bits per heavy atom. The third-order valence-corrected chi connectivity index (χ3v) is 5.09. The van der Waals surface area contributed by atoms with Crippen LogP contribution in [0.5, 0.6) is 0 Å². The molecule has 1 aliphatic heterocycles. The minimum Gasteiger partial charge on any atom is -0.481 e. The molecule has 0 aromatic heterocycles. The Balaban J connectivity index is 1.49. The highest BCUT2D eigenvalue weighted by atomic mass is 16.5. The lowest BCUT2D eigenvalue weighted by molar-refractivity contribution is -0.157. The predicted octanol–water partition coefficient (Wildman–Crippen LogP) is 1.71. The summed E-state index contributed by atoms with van der Waals surface area (Å²) >= 11 is 0. The van der Waals surface area contributed by atoms with Gasteiger partial charge >= 0.3 is 5.97 Å². The number of hydrogen-bond acceptors (Lipinski definition) is 3. The summed E-state index contributed by atoms with van der Waals surface area (Å²) in [6.07, 6.45) is 6.83. The van der Waals surface area contributed by atoms with E-state index in [4.69, 9.17) is 4.74 Å². The van der Waals surface area contributed by atoms with Gasteiger partial charge < -0.3 is 15.2 Å². The zero-order valence-corrected chi connectivity index (χ0v) is 11.8. The Morgan fingerprint density at radius 3 is 2.55 bits per heavy atom. The zero-order valence-electron chi connectivity index (χ0n) is 11.8. The van der Waals surface area contributed by atoms with Gasteiger partial charge in [0.05, 0.1) is 11.5 Å². The van der Waals surface area contributed by atoms with Crippen LogP contribution >= 0.6 is 0 Å². The fourth-order valence-corrected chi connectivity index (χ4v) is 3.41. The molecule has 2 saturated carbocycles. The van der Waals surface area contributed by atoms with Crippen molar-refractivity contribution >= 4 is 11.9 Å². The largest absolute Gasteiger partial charge is 0.481 e. The molecular weight excluding hydrogens is 258 g/mol. The molecule has 2 atom stereocenters. The molecule has 3 rings (SSSR count). The Labute approximate surface area is 119 Å². The predicted molar refractivity (Wildman–Crippen MR) is 72.2 cm³/mol. The number of nitrogens with one attached hydrogen (secondary N) is 1. The molecule has 1 heterocycles. The van der Waals surface area contributed by atoms with Crippen LogP contribution in [-0.4, -0.2) is 35.7 Å². The average Bonchev–Trinajstić information content (AvgIpc) is 3.18. The number of amides is 1. The van der Waals surface area contributed by atoms with Crippen molar-refractivity contribution in [3.63, 3.8) is 0 Å². The normalized spacial score (nSPS) is 32.2. The molecule has 5 nitrogen and oxygen atoms in total. The maximum Gasteiger partial charge on any atom is 0.310 e. The molecule has 20 heavy (non-hydrogen) atoms. The van der Waals surface area contributed by atoms with E-state index in [0.717, 1.165) is 19.3 Å². The van der Waals surface area contributed by atoms with E-state index in [-0.39, 0.29) is 18.4 Å². The maximum absolute atomic E-state index is 12.1. The Bertz CT molecular complexity index is 401. The molecule has 2 unspecified atom stereocenters. The van der Waals surface area contributed by atoms with Crippen molar-refractivity contribution in [2.75, 3.05) is 6.61 Å². The monoisotopic (exact) mass is 281 g/mol. The van der Waals surface area contributed by atoms with Gasteiger partial charge in [-0.15, -0.1) is 0 Å². The standard InChI is InChI=1S/C15H23NO4/c17-13(9-15(14(18)19)5-1-6-15)16-11-4-7-20-12(8-11)10-2-3-10/h10-12H,1-9H2,(H,16,17)(H,18,19). The van der Waals surface area contributed by atoms with Crippen molar-refractivity contribution < 1.29 is 19.4 Å². The zero-order chi connectivity index (χ0) is 14.2. The maximum atomic E-state index is 12.1. The highest BCUT2D eigenvalue weighted by Crippen LogP contribution is 2.44. The van der Waals surface area contributed by atoms with E-state index in [0.29, 0.717) is 31.5 Å². The van der Waals surface area contributed by atoms with E-state index in [2.05, 4.69) is 5.32 Å². The summed E-state index contributed by atoms with van der Waals surface area (Å²) in [5, 5.41) is 12.3. The minimum atomic E-state index is -0.818. The van der Waals surface area contributed by atoms with E-state index in [1.807, 2.05) is 0 Å². The number of carboxylic acids is 1. The first kappa shape index (κ1) is 13.9. The van der Waals surface area contributed by atoms with E-state index >= 15 is 0 Å². The first-order chi connectivity index (χ1) is 9.59. The van der Waals surface area contributed by atoms with Crippen LogP contribution < -0.4 is 5.32 Å². The van der Waals surface area contributed by atoms with Crippen molar-refractivity contribution in [1.29, 1.82) is 0 Å². The van der Waals surface area contributed by atoms with Gasteiger partial charge in [0, 0.05) is 19.1 Å². The fraction of sp³-hybridized carbons (Fsp3) is 0.867. The lowest BCUT2D eigenvalue weighted by Gasteiger charge is -2.38. The number of carbonyl (C=O) groups is 2. The molecule has 0 bridgehead atoms. The summed E-state index contributed by atoms with van der Waals surface area (Å²) in [6.45, 7) is 0.705. The summed E-state index contributed by atoms with van der Waals surface area (Å²) in [6, 6.07) is 0.160. The van der Waals surface area contributed by atoms with Crippen LogP contribution in [0.4, 0.5) is 0 Å². The van der Waals surface area contributed by atoms with Crippen LogP contribution in [0.15, 0.2) is 0 Å². The minimum absolute atomic E-state index is 0.103. The van der Waals surface area contributed by atoms with Gasteiger partial charge in [-0.2, -0.15) is 0 Å². The number of carbonyl (C=O) groups excluding carboxylic acids is 1. The van der Waals surface area contributed by atoms with Crippen LogP contribution in [0.3, 0.4) is 0 Å². The fourth-order valence-electron chi connectivity index (χ4n) is 3.41. The first-order valence-electron chi connectivity index (χ1n) is 7.73. The van der Waals surface area contributed by atoms with E-state index in [1.165, 1.54) is 12.8 Å². The van der Waals surface area contributed by atoms with Gasteiger partial charge in [0.2, 0.25) is 5.91 Å². The van der Waals surface area contributed by atoms with Crippen LogP contribution in [0.2, 0.25) is 0 Å². The number of ether oxygens (including phenoxy) is 1. The molecule has 2 N–H and O–H groups in total. The smallest absolute Gasteiger partial charge is 0.310 e. The quantitative estimate of drug-likeness (QED) is 0.804. The molecule has 0 aromatic rings. The van der Waals surface area contributed by atoms with Gasteiger partial charge in [-0.1, -0.05) is 6.42 Å². The van der Waals surface area contributed by atoms with Gasteiger partial charge in [0.15, 0.2) is 0 Å². The van der Waals surface area contributed by atoms with Crippen LogP contribution in [0.25, 0.3) is 0 Å². The summed E-state index contributed by atoms with van der Waals surface area (Å²) in [5.74, 6) is -0.234. The highest BCUT2D eigenvalue weighted by Gasteiger charge is 2.46. The molecule has 0 radical (unpaired) electrons. The summed E-state index contributed by atoms with van der Waals surface area (Å²) < 4.78 is 5.74. The molecule has 3 aliphatic rings. The van der Waals surface area contributed by atoms with E-state index in [1.54, 1.807) is 0 Å². The van der Waals surface area contributed by atoms with Crippen molar-refractivity contribution in [2.45, 2.75) is 63.5 Å². The van der Waals surface area contributed by atoms with Crippen LogP contribution in [0.1, 0.15) is 51.4 Å². The van der Waals surface area contributed by atoms with Crippen LogP contribution in [0, 0.1) is 11.3 Å². The molecule has 2 aliphatic carbocycles. The molecule has 112 valence electrons. The molecule has 1 saturated heterocycles. The topological polar surface area (TPSA) is 75.6 Å². The van der Waals surface area contributed by atoms with Crippen molar-refractivity contribution in [2.24, 2.45) is 11.3 Å². The Morgan fingerprint density at radius 2 is 2.00 bits per heavy atom. The number of hydrogen-bond donors (Lipinski definition) is 2. The van der Waals surface area contributed by atoms with Gasteiger partial charge in [0.25, 0.3) is 0 Å². The highest BCUT2D eigenvalue weighted by molar-refractivity contribution is 5.85. The van der Waals surface area contributed by atoms with Gasteiger partial charge in [-0.25, -0.2) is 0 Å². The third-order valence-electron chi connectivity index (χ3n) is 5.09. The van der Waals surface area contributed by atoms with Crippen molar-refractivity contribution in [1.82, 2.24) is 5.32 Å². The molecule has 5 heteroatoms. The summed E-state index contributed by atoms with van der Waals surface area (Å²) in [5.41, 5.74) is -0.787. The van der Waals surface area contributed by atoms with Gasteiger partial charge in [0.1, 0.15) is 0 Å². The number of rotatable bonds is 5. The van der Waals surface area contributed by atoms with Crippen LogP contribution in [-0.2, 0) is 14.3 Å².